The van der Waals surface area contributed by atoms with E-state index in [1.165, 1.54) is 11.3 Å². The highest BCUT2D eigenvalue weighted by atomic mass is 32.1. The van der Waals surface area contributed by atoms with Gasteiger partial charge in [0.1, 0.15) is 17.3 Å². The fraction of sp³-hybridized carbons (Fsp3) is 0. The molecule has 0 amide bonds. The first-order valence-corrected chi connectivity index (χ1v) is 6.08. The molecule has 0 aromatic carbocycles. The number of nitriles is 1. The van der Waals surface area contributed by atoms with Crippen molar-refractivity contribution in [3.05, 3.63) is 35.7 Å². The predicted octanol–water partition coefficient (Wildman–Crippen LogP) is 1.24. The van der Waals surface area contributed by atoms with Crippen molar-refractivity contribution in [3.8, 4) is 22.7 Å². The number of nitrogens with zero attached hydrogens (tertiary/aromatic N) is 6. The van der Waals surface area contributed by atoms with Gasteiger partial charge in [-0.3, -0.25) is 4.57 Å². The summed E-state index contributed by atoms with van der Waals surface area (Å²) in [6.45, 7) is 0. The van der Waals surface area contributed by atoms with Crippen molar-refractivity contribution in [2.75, 3.05) is 5.73 Å². The number of nitrogen functional groups attached to an aromatic ring is 1. The van der Waals surface area contributed by atoms with Crippen LogP contribution in [0.15, 0.2) is 30.9 Å². The van der Waals surface area contributed by atoms with Gasteiger partial charge in [0.15, 0.2) is 5.82 Å². The molecule has 0 aliphatic carbocycles. The Balaban J connectivity index is 2.10. The Morgan fingerprint density at radius 2 is 2.16 bits per heavy atom. The lowest BCUT2D eigenvalue weighted by molar-refractivity contribution is 0.908. The smallest absolute Gasteiger partial charge is 0.240 e. The van der Waals surface area contributed by atoms with Crippen molar-refractivity contribution < 1.29 is 0 Å². The van der Waals surface area contributed by atoms with Crippen LogP contribution in [0.5, 0.6) is 0 Å². The average molecular weight is 269 g/mol. The van der Waals surface area contributed by atoms with Crippen molar-refractivity contribution in [2.24, 2.45) is 0 Å². The summed E-state index contributed by atoms with van der Waals surface area (Å²) in [7, 11) is 0. The third-order valence-electron chi connectivity index (χ3n) is 2.31. The van der Waals surface area contributed by atoms with Gasteiger partial charge in [0.25, 0.3) is 0 Å². The summed E-state index contributed by atoms with van der Waals surface area (Å²) < 4.78 is 1.64. The van der Waals surface area contributed by atoms with Gasteiger partial charge in [-0.1, -0.05) is 0 Å². The second-order valence-corrected chi connectivity index (χ2v) is 4.65. The van der Waals surface area contributed by atoms with Crippen LogP contribution in [-0.2, 0) is 0 Å². The Morgan fingerprint density at radius 1 is 1.26 bits per heavy atom. The fourth-order valence-corrected chi connectivity index (χ4v) is 2.24. The number of imidazole rings is 1. The Labute approximate surface area is 112 Å². The second-order valence-electron chi connectivity index (χ2n) is 3.56. The Morgan fingerprint density at radius 3 is 2.84 bits per heavy atom. The number of aromatic nitrogens is 5. The van der Waals surface area contributed by atoms with Crippen LogP contribution in [-0.4, -0.2) is 24.5 Å². The number of hydrogen-bond acceptors (Lipinski definition) is 7. The van der Waals surface area contributed by atoms with E-state index < -0.39 is 0 Å². The van der Waals surface area contributed by atoms with Crippen LogP contribution in [0.2, 0.25) is 0 Å². The van der Waals surface area contributed by atoms with Gasteiger partial charge in [-0.25, -0.2) is 4.98 Å². The highest BCUT2D eigenvalue weighted by Crippen LogP contribution is 2.25. The summed E-state index contributed by atoms with van der Waals surface area (Å²) in [5.74, 6) is 0.968. The largest absolute Gasteiger partial charge is 0.368 e. The topological polar surface area (TPSA) is 106 Å². The zero-order chi connectivity index (χ0) is 13.2. The molecule has 3 aromatic heterocycles. The van der Waals surface area contributed by atoms with Gasteiger partial charge in [0, 0.05) is 12.4 Å². The first-order valence-electron chi connectivity index (χ1n) is 5.26. The molecular formula is C11H7N7S. The van der Waals surface area contributed by atoms with Crippen LogP contribution in [0.4, 0.5) is 5.95 Å². The van der Waals surface area contributed by atoms with Crippen LogP contribution >= 0.6 is 11.3 Å². The number of hydrogen-bond donors (Lipinski definition) is 1. The highest BCUT2D eigenvalue weighted by molar-refractivity contribution is 7.15. The minimum absolute atomic E-state index is 0.126. The van der Waals surface area contributed by atoms with Crippen molar-refractivity contribution >= 4 is 17.3 Å². The monoisotopic (exact) mass is 269 g/mol. The molecule has 3 aromatic rings. The molecule has 0 unspecified atom stereocenters. The van der Waals surface area contributed by atoms with E-state index in [4.69, 9.17) is 11.0 Å². The van der Waals surface area contributed by atoms with E-state index in [2.05, 4.69) is 26.0 Å². The zero-order valence-corrected chi connectivity index (χ0v) is 10.4. The second kappa shape index (κ2) is 4.47. The summed E-state index contributed by atoms with van der Waals surface area (Å²) in [6, 6.07) is 5.58. The maximum absolute atomic E-state index is 8.83. The molecule has 0 saturated heterocycles. The first-order chi connectivity index (χ1) is 9.26. The Hall–Kier alpha value is -2.79. The fourth-order valence-electron chi connectivity index (χ4n) is 1.50. The van der Waals surface area contributed by atoms with Crippen LogP contribution in [0.1, 0.15) is 4.88 Å². The van der Waals surface area contributed by atoms with E-state index in [1.54, 1.807) is 35.4 Å². The third-order valence-corrected chi connectivity index (χ3v) is 3.30. The molecule has 0 aliphatic rings. The van der Waals surface area contributed by atoms with E-state index in [-0.39, 0.29) is 5.95 Å². The number of rotatable bonds is 2. The molecular weight excluding hydrogens is 262 g/mol. The van der Waals surface area contributed by atoms with Crippen molar-refractivity contribution in [1.82, 2.24) is 24.5 Å². The van der Waals surface area contributed by atoms with Crippen LogP contribution in [0.25, 0.3) is 16.6 Å². The van der Waals surface area contributed by atoms with E-state index in [1.807, 2.05) is 0 Å². The lowest BCUT2D eigenvalue weighted by Gasteiger charge is -2.03. The summed E-state index contributed by atoms with van der Waals surface area (Å²) in [6.07, 6.45) is 4.92. The molecule has 92 valence electrons. The maximum atomic E-state index is 8.83. The summed E-state index contributed by atoms with van der Waals surface area (Å²) in [4.78, 5) is 17.7. The van der Waals surface area contributed by atoms with Gasteiger partial charge < -0.3 is 5.73 Å². The van der Waals surface area contributed by atoms with Gasteiger partial charge in [-0.2, -0.15) is 20.2 Å². The lowest BCUT2D eigenvalue weighted by atomic mass is 10.4. The molecule has 0 aliphatic heterocycles. The van der Waals surface area contributed by atoms with Crippen molar-refractivity contribution in [1.29, 1.82) is 5.26 Å². The summed E-state index contributed by atoms with van der Waals surface area (Å²) in [5.41, 5.74) is 5.69. The molecule has 3 rings (SSSR count). The first kappa shape index (κ1) is 11.3. The Kier molecular flexibility index (Phi) is 2.66. The van der Waals surface area contributed by atoms with Crippen LogP contribution < -0.4 is 5.73 Å². The molecule has 7 nitrogen and oxygen atoms in total. The third kappa shape index (κ3) is 2.14. The molecule has 0 fully saturated rings. The summed E-state index contributed by atoms with van der Waals surface area (Å²) >= 11 is 1.31. The van der Waals surface area contributed by atoms with Gasteiger partial charge in [0.2, 0.25) is 11.9 Å². The maximum Gasteiger partial charge on any atom is 0.240 e. The summed E-state index contributed by atoms with van der Waals surface area (Å²) in [5, 5.41) is 8.83. The average Bonchev–Trinajstić information content (AvgIpc) is 3.09. The minimum Gasteiger partial charge on any atom is -0.368 e. The molecule has 19 heavy (non-hydrogen) atoms. The number of anilines is 1. The normalized spacial score (nSPS) is 10.3. The zero-order valence-electron chi connectivity index (χ0n) is 9.56. The standard InChI is InChI=1S/C11H7N7S/c12-5-7-1-2-8(19-7)9-15-10(13)17-11(16-9)18-4-3-14-6-18/h1-4,6H,(H2,13,15,16,17). The molecule has 0 saturated carbocycles. The van der Waals surface area contributed by atoms with Gasteiger partial charge in [0.05, 0.1) is 4.88 Å². The number of thiophene rings is 1. The van der Waals surface area contributed by atoms with Crippen molar-refractivity contribution in [2.45, 2.75) is 0 Å². The molecule has 0 bridgehead atoms. The van der Waals surface area contributed by atoms with Crippen molar-refractivity contribution in [3.63, 3.8) is 0 Å². The molecule has 0 radical (unpaired) electrons. The van der Waals surface area contributed by atoms with Crippen LogP contribution in [0.3, 0.4) is 0 Å². The van der Waals surface area contributed by atoms with Gasteiger partial charge in [-0.15, -0.1) is 11.3 Å². The van der Waals surface area contributed by atoms with E-state index in [0.29, 0.717) is 16.6 Å². The lowest BCUT2D eigenvalue weighted by Crippen LogP contribution is -2.06. The van der Waals surface area contributed by atoms with E-state index in [9.17, 15) is 0 Å². The minimum atomic E-state index is 0.126. The SMILES string of the molecule is N#Cc1ccc(-c2nc(N)nc(-n3ccnc3)n2)s1. The molecule has 3 heterocycles. The van der Waals surface area contributed by atoms with E-state index in [0.717, 1.165) is 4.88 Å². The van der Waals surface area contributed by atoms with E-state index >= 15 is 0 Å². The van der Waals surface area contributed by atoms with Gasteiger partial charge in [-0.05, 0) is 12.1 Å². The molecule has 8 heteroatoms. The quantitative estimate of drug-likeness (QED) is 0.750. The van der Waals surface area contributed by atoms with Crippen LogP contribution in [0, 0.1) is 11.3 Å². The van der Waals surface area contributed by atoms with Gasteiger partial charge >= 0.3 is 0 Å². The number of nitrogens with two attached hydrogens (primary N) is 1. The Bertz CT molecular complexity index is 754. The molecule has 2 N–H and O–H groups in total. The predicted molar refractivity (Wildman–Crippen MR) is 69.4 cm³/mol. The highest BCUT2D eigenvalue weighted by Gasteiger charge is 2.10. The molecule has 0 spiro atoms. The molecule has 0 atom stereocenters.